The molecule has 0 radical (unpaired) electrons. The number of fused-ring (bicyclic) bond motifs is 1. The third kappa shape index (κ3) is 4.39. The van der Waals surface area contributed by atoms with Gasteiger partial charge in [-0.2, -0.15) is 11.3 Å². The highest BCUT2D eigenvalue weighted by Gasteiger charge is 2.11. The highest BCUT2D eigenvalue weighted by molar-refractivity contribution is 7.07. The van der Waals surface area contributed by atoms with Gasteiger partial charge in [0.15, 0.2) is 5.58 Å². The van der Waals surface area contributed by atoms with Crippen LogP contribution in [-0.4, -0.2) is 29.5 Å². The lowest BCUT2D eigenvalue weighted by Crippen LogP contribution is -2.31. The summed E-state index contributed by atoms with van der Waals surface area (Å²) in [5, 5.41) is 22.1. The molecule has 0 bridgehead atoms. The van der Waals surface area contributed by atoms with Crippen LogP contribution in [0.2, 0.25) is 0 Å². The van der Waals surface area contributed by atoms with E-state index in [1.165, 1.54) is 17.7 Å². The van der Waals surface area contributed by atoms with Crippen molar-refractivity contribution >= 4 is 22.3 Å². The number of nitrogens with one attached hydrogen (secondary N) is 1. The minimum absolute atomic E-state index is 0.197. The standard InChI is InChI=1S/C21H19FN2O3S/c22-16-3-6-19-20(9-16)27-24-21(19)15-1-4-18(5-2-15)26-12-17(25)11-23-10-14-7-8-28-13-14/h1-9,13,17,23,25H,10-12H2/t17-/m0/s1. The summed E-state index contributed by atoms with van der Waals surface area (Å²) in [6, 6.07) is 13.7. The van der Waals surface area contributed by atoms with Crippen LogP contribution in [0.4, 0.5) is 4.39 Å². The Balaban J connectivity index is 1.31. The van der Waals surface area contributed by atoms with E-state index in [1.54, 1.807) is 17.4 Å². The largest absolute Gasteiger partial charge is 0.491 e. The molecular formula is C21H19FN2O3S. The molecule has 2 N–H and O–H groups in total. The van der Waals surface area contributed by atoms with Crippen LogP contribution < -0.4 is 10.1 Å². The molecular weight excluding hydrogens is 379 g/mol. The maximum atomic E-state index is 13.3. The molecule has 4 rings (SSSR count). The second-order valence-electron chi connectivity index (χ2n) is 6.42. The summed E-state index contributed by atoms with van der Waals surface area (Å²) in [4.78, 5) is 0. The minimum Gasteiger partial charge on any atom is -0.491 e. The van der Waals surface area contributed by atoms with Crippen LogP contribution in [0.1, 0.15) is 5.56 Å². The molecule has 0 saturated carbocycles. The van der Waals surface area contributed by atoms with E-state index in [0.717, 1.165) is 17.5 Å². The Morgan fingerprint density at radius 3 is 2.82 bits per heavy atom. The van der Waals surface area contributed by atoms with E-state index in [0.29, 0.717) is 23.6 Å². The summed E-state index contributed by atoms with van der Waals surface area (Å²) in [6.07, 6.45) is -0.604. The number of hydrogen-bond acceptors (Lipinski definition) is 6. The Morgan fingerprint density at radius 1 is 1.18 bits per heavy atom. The average Bonchev–Trinajstić information content (AvgIpc) is 3.36. The molecule has 0 spiro atoms. The number of thiophene rings is 1. The van der Waals surface area contributed by atoms with Gasteiger partial charge in [-0.1, -0.05) is 5.16 Å². The normalized spacial score (nSPS) is 12.4. The van der Waals surface area contributed by atoms with Crippen LogP contribution in [0.15, 0.2) is 63.8 Å². The summed E-state index contributed by atoms with van der Waals surface area (Å²) < 4.78 is 24.1. The fourth-order valence-electron chi connectivity index (χ4n) is 2.86. The number of aromatic nitrogens is 1. The predicted molar refractivity (Wildman–Crippen MR) is 107 cm³/mol. The first-order valence-corrected chi connectivity index (χ1v) is 9.81. The van der Waals surface area contributed by atoms with E-state index in [4.69, 9.17) is 9.26 Å². The molecule has 7 heteroatoms. The Hall–Kier alpha value is -2.74. The van der Waals surface area contributed by atoms with Crippen molar-refractivity contribution in [2.24, 2.45) is 0 Å². The first-order valence-electron chi connectivity index (χ1n) is 8.87. The van der Waals surface area contributed by atoms with E-state index in [9.17, 15) is 9.50 Å². The van der Waals surface area contributed by atoms with Gasteiger partial charge in [-0.05, 0) is 58.8 Å². The number of hydrogen-bond donors (Lipinski definition) is 2. The molecule has 1 atom stereocenters. The van der Waals surface area contributed by atoms with Crippen molar-refractivity contribution in [1.29, 1.82) is 0 Å². The van der Waals surface area contributed by atoms with Gasteiger partial charge in [0.2, 0.25) is 0 Å². The number of nitrogens with zero attached hydrogens (tertiary/aromatic N) is 1. The zero-order valence-electron chi connectivity index (χ0n) is 15.0. The van der Waals surface area contributed by atoms with Gasteiger partial charge in [-0.25, -0.2) is 4.39 Å². The minimum atomic E-state index is -0.604. The summed E-state index contributed by atoms with van der Waals surface area (Å²) in [5.41, 5.74) is 3.11. The van der Waals surface area contributed by atoms with Crippen molar-refractivity contribution in [1.82, 2.24) is 10.5 Å². The van der Waals surface area contributed by atoms with Crippen LogP contribution in [0, 0.1) is 5.82 Å². The Labute approximate surface area is 165 Å². The summed E-state index contributed by atoms with van der Waals surface area (Å²) in [7, 11) is 0. The Morgan fingerprint density at radius 2 is 2.04 bits per heavy atom. The molecule has 0 aliphatic rings. The summed E-state index contributed by atoms with van der Waals surface area (Å²) in [5.74, 6) is 0.293. The fraction of sp³-hybridized carbons (Fsp3) is 0.190. The van der Waals surface area contributed by atoms with Gasteiger partial charge < -0.3 is 19.7 Å². The van der Waals surface area contributed by atoms with Gasteiger partial charge in [0.05, 0.1) is 0 Å². The third-order valence-electron chi connectivity index (χ3n) is 4.29. The SMILES string of the molecule is O[C@@H](CNCc1ccsc1)COc1ccc(-c2noc3cc(F)ccc23)cc1. The van der Waals surface area contributed by atoms with Crippen molar-refractivity contribution < 1.29 is 18.8 Å². The Bertz CT molecular complexity index is 1030. The summed E-state index contributed by atoms with van der Waals surface area (Å²) in [6.45, 7) is 1.38. The van der Waals surface area contributed by atoms with Crippen LogP contribution in [0.3, 0.4) is 0 Å². The van der Waals surface area contributed by atoms with Gasteiger partial charge in [0.1, 0.15) is 30.0 Å². The zero-order chi connectivity index (χ0) is 19.3. The zero-order valence-corrected chi connectivity index (χ0v) is 15.8. The molecule has 2 aromatic carbocycles. The molecule has 0 aliphatic carbocycles. The molecule has 5 nitrogen and oxygen atoms in total. The third-order valence-corrected chi connectivity index (χ3v) is 5.03. The van der Waals surface area contributed by atoms with Gasteiger partial charge in [-0.15, -0.1) is 0 Å². The highest BCUT2D eigenvalue weighted by Crippen LogP contribution is 2.29. The molecule has 0 aliphatic heterocycles. The molecule has 0 saturated heterocycles. The second kappa shape index (κ2) is 8.52. The molecule has 4 aromatic rings. The first kappa shape index (κ1) is 18.6. The molecule has 2 aromatic heterocycles. The van der Waals surface area contributed by atoms with Crippen LogP contribution in [0.5, 0.6) is 5.75 Å². The lowest BCUT2D eigenvalue weighted by atomic mass is 10.1. The number of aliphatic hydroxyl groups is 1. The van der Waals surface area contributed by atoms with Gasteiger partial charge in [0, 0.05) is 30.1 Å². The molecule has 144 valence electrons. The smallest absolute Gasteiger partial charge is 0.170 e. The van der Waals surface area contributed by atoms with E-state index in [1.807, 2.05) is 29.6 Å². The lowest BCUT2D eigenvalue weighted by Gasteiger charge is -2.13. The summed E-state index contributed by atoms with van der Waals surface area (Å²) >= 11 is 1.65. The molecule has 2 heterocycles. The number of halogens is 1. The maximum absolute atomic E-state index is 13.3. The van der Waals surface area contributed by atoms with Gasteiger partial charge >= 0.3 is 0 Å². The van der Waals surface area contributed by atoms with Crippen molar-refractivity contribution in [3.05, 3.63) is 70.7 Å². The molecule has 0 fully saturated rings. The number of rotatable bonds is 8. The van der Waals surface area contributed by atoms with Crippen molar-refractivity contribution in [3.8, 4) is 17.0 Å². The fourth-order valence-corrected chi connectivity index (χ4v) is 3.52. The van der Waals surface area contributed by atoms with E-state index in [-0.39, 0.29) is 12.4 Å². The molecule has 0 unspecified atom stereocenters. The first-order chi connectivity index (χ1) is 13.7. The van der Waals surface area contributed by atoms with E-state index in [2.05, 4.69) is 21.9 Å². The number of aliphatic hydroxyl groups excluding tert-OH is 1. The monoisotopic (exact) mass is 398 g/mol. The number of benzene rings is 2. The number of ether oxygens (including phenoxy) is 1. The van der Waals surface area contributed by atoms with Crippen molar-refractivity contribution in [2.75, 3.05) is 13.2 Å². The van der Waals surface area contributed by atoms with E-state index >= 15 is 0 Å². The van der Waals surface area contributed by atoms with Crippen LogP contribution in [-0.2, 0) is 6.54 Å². The van der Waals surface area contributed by atoms with Gasteiger partial charge in [0.25, 0.3) is 0 Å². The van der Waals surface area contributed by atoms with Crippen LogP contribution in [0.25, 0.3) is 22.2 Å². The molecule has 28 heavy (non-hydrogen) atoms. The topological polar surface area (TPSA) is 67.5 Å². The van der Waals surface area contributed by atoms with Crippen molar-refractivity contribution in [3.63, 3.8) is 0 Å². The van der Waals surface area contributed by atoms with E-state index < -0.39 is 6.10 Å². The highest BCUT2D eigenvalue weighted by atomic mass is 32.1. The average molecular weight is 398 g/mol. The van der Waals surface area contributed by atoms with Crippen molar-refractivity contribution in [2.45, 2.75) is 12.6 Å². The van der Waals surface area contributed by atoms with Crippen LogP contribution >= 0.6 is 11.3 Å². The lowest BCUT2D eigenvalue weighted by molar-refractivity contribution is 0.106. The Kier molecular flexibility index (Phi) is 5.66. The van der Waals surface area contributed by atoms with Gasteiger partial charge in [-0.3, -0.25) is 0 Å². The maximum Gasteiger partial charge on any atom is 0.170 e. The predicted octanol–water partition coefficient (Wildman–Crippen LogP) is 4.22. The second-order valence-corrected chi connectivity index (χ2v) is 7.20. The quantitative estimate of drug-likeness (QED) is 0.465. The molecule has 0 amide bonds.